The Kier molecular flexibility index (Phi) is 2.39. The minimum atomic E-state index is -1.04. The molecule has 0 N–H and O–H groups in total. The quantitative estimate of drug-likeness (QED) is 0.630. The zero-order valence-corrected chi connectivity index (χ0v) is 6.56. The van der Waals surface area contributed by atoms with Crippen LogP contribution in [0.3, 0.4) is 0 Å². The molecule has 62 valence electrons. The predicted octanol–water partition coefficient (Wildman–Crippen LogP) is 2.40. The summed E-state index contributed by atoms with van der Waals surface area (Å²) in [6, 6.07) is 4.10. The van der Waals surface area contributed by atoms with E-state index < -0.39 is 11.6 Å². The predicted molar refractivity (Wildman–Crippen MR) is 40.5 cm³/mol. The molecule has 0 saturated heterocycles. The van der Waals surface area contributed by atoms with Crippen LogP contribution in [-0.4, -0.2) is 0 Å². The van der Waals surface area contributed by atoms with Crippen molar-refractivity contribution >= 4 is 0 Å². The molecule has 0 spiro atoms. The fraction of sp³-hybridized carbons (Fsp3) is 0.222. The highest BCUT2D eigenvalue weighted by Crippen LogP contribution is 2.16. The summed E-state index contributed by atoms with van der Waals surface area (Å²) >= 11 is 0. The average Bonchev–Trinajstić information content (AvgIpc) is 2.09. The molecule has 12 heavy (non-hydrogen) atoms. The Bertz CT molecular complexity index is 339. The first-order valence-corrected chi connectivity index (χ1v) is 3.57. The van der Waals surface area contributed by atoms with Crippen LogP contribution in [0, 0.1) is 23.0 Å². The van der Waals surface area contributed by atoms with Crippen LogP contribution in [-0.2, 0) is 6.42 Å². The van der Waals surface area contributed by atoms with Crippen molar-refractivity contribution in [2.24, 2.45) is 0 Å². The molecule has 0 bridgehead atoms. The molecule has 0 amide bonds. The van der Waals surface area contributed by atoms with Crippen LogP contribution in [0.1, 0.15) is 18.1 Å². The average molecular weight is 167 g/mol. The number of hydrogen-bond donors (Lipinski definition) is 0. The van der Waals surface area contributed by atoms with Crippen molar-refractivity contribution in [2.45, 2.75) is 13.3 Å². The number of aryl methyl sites for hydroxylation is 1. The lowest BCUT2D eigenvalue weighted by molar-refractivity contribution is 0.504. The summed E-state index contributed by atoms with van der Waals surface area (Å²) in [6.07, 6.45) is 0.528. The van der Waals surface area contributed by atoms with E-state index in [1.807, 2.05) is 0 Å². The first-order chi connectivity index (χ1) is 5.70. The molecule has 0 fully saturated rings. The summed E-state index contributed by atoms with van der Waals surface area (Å²) in [7, 11) is 0. The smallest absolute Gasteiger partial charge is 0.176 e. The van der Waals surface area contributed by atoms with Crippen LogP contribution < -0.4 is 0 Å². The second-order valence-electron chi connectivity index (χ2n) is 2.36. The second-order valence-corrected chi connectivity index (χ2v) is 2.36. The van der Waals surface area contributed by atoms with Gasteiger partial charge in [0.25, 0.3) is 0 Å². The van der Waals surface area contributed by atoms with Gasteiger partial charge in [0.05, 0.1) is 5.56 Å². The second kappa shape index (κ2) is 3.31. The maximum absolute atomic E-state index is 12.9. The highest BCUT2D eigenvalue weighted by atomic mass is 19.2. The van der Waals surface area contributed by atoms with Crippen molar-refractivity contribution in [1.82, 2.24) is 0 Å². The lowest BCUT2D eigenvalue weighted by Crippen LogP contribution is -1.95. The first kappa shape index (κ1) is 8.66. The maximum atomic E-state index is 12.9. The monoisotopic (exact) mass is 167 g/mol. The summed E-state index contributed by atoms with van der Waals surface area (Å²) in [4.78, 5) is 0. The van der Waals surface area contributed by atoms with Crippen molar-refractivity contribution in [3.8, 4) is 6.07 Å². The third-order valence-electron chi connectivity index (χ3n) is 1.67. The van der Waals surface area contributed by atoms with Crippen LogP contribution in [0.15, 0.2) is 12.1 Å². The maximum Gasteiger partial charge on any atom is 0.176 e. The lowest BCUT2D eigenvalue weighted by atomic mass is 10.1. The van der Waals surface area contributed by atoms with Crippen LogP contribution in [0.25, 0.3) is 0 Å². The summed E-state index contributed by atoms with van der Waals surface area (Å²) in [5.41, 5.74) is 0.355. The van der Waals surface area contributed by atoms with E-state index >= 15 is 0 Å². The largest absolute Gasteiger partial charge is 0.204 e. The van der Waals surface area contributed by atoms with Crippen LogP contribution in [0.4, 0.5) is 8.78 Å². The highest BCUT2D eigenvalue weighted by Gasteiger charge is 2.11. The third-order valence-corrected chi connectivity index (χ3v) is 1.67. The van der Waals surface area contributed by atoms with Gasteiger partial charge in [-0.2, -0.15) is 5.26 Å². The minimum Gasteiger partial charge on any atom is -0.204 e. The van der Waals surface area contributed by atoms with Gasteiger partial charge in [-0.15, -0.1) is 0 Å². The number of rotatable bonds is 1. The summed E-state index contributed by atoms with van der Waals surface area (Å²) in [5.74, 6) is -2.01. The zero-order chi connectivity index (χ0) is 9.14. The molecule has 1 nitrogen and oxygen atoms in total. The Balaban J connectivity index is 3.38. The Morgan fingerprint density at radius 3 is 2.58 bits per heavy atom. The molecule has 0 aliphatic heterocycles. The van der Waals surface area contributed by atoms with Crippen molar-refractivity contribution in [1.29, 1.82) is 5.26 Å². The van der Waals surface area contributed by atoms with E-state index in [4.69, 9.17) is 5.26 Å². The number of hydrogen-bond acceptors (Lipinski definition) is 1. The van der Waals surface area contributed by atoms with Crippen molar-refractivity contribution in [3.63, 3.8) is 0 Å². The number of halogens is 2. The Hall–Kier alpha value is -1.43. The lowest BCUT2D eigenvalue weighted by Gasteiger charge is -2.01. The van der Waals surface area contributed by atoms with Crippen molar-refractivity contribution in [3.05, 3.63) is 34.9 Å². The fourth-order valence-electron chi connectivity index (χ4n) is 1.01. The molecule has 3 heteroatoms. The van der Waals surface area contributed by atoms with E-state index in [1.54, 1.807) is 13.0 Å². The van der Waals surface area contributed by atoms with Gasteiger partial charge in [-0.1, -0.05) is 13.0 Å². The first-order valence-electron chi connectivity index (χ1n) is 3.57. The SMILES string of the molecule is CCc1ccc(F)c(F)c1C#N. The molecule has 0 aromatic heterocycles. The Morgan fingerprint density at radius 1 is 1.42 bits per heavy atom. The van der Waals surface area contributed by atoms with E-state index in [2.05, 4.69) is 0 Å². The van der Waals surface area contributed by atoms with Gasteiger partial charge in [-0.3, -0.25) is 0 Å². The van der Waals surface area contributed by atoms with E-state index in [0.717, 1.165) is 6.07 Å². The molecular weight excluding hydrogens is 160 g/mol. The fourth-order valence-corrected chi connectivity index (χ4v) is 1.01. The standard InChI is InChI=1S/C9H7F2N/c1-2-6-3-4-8(10)9(11)7(6)5-12/h3-4H,2H2,1H3. The van der Waals surface area contributed by atoms with E-state index in [9.17, 15) is 8.78 Å². The molecule has 0 unspecified atom stereocenters. The van der Waals surface area contributed by atoms with Crippen molar-refractivity contribution < 1.29 is 8.78 Å². The Labute approximate surface area is 69.2 Å². The van der Waals surface area contributed by atoms with Gasteiger partial charge in [-0.25, -0.2) is 8.78 Å². The molecular formula is C9H7F2N. The topological polar surface area (TPSA) is 23.8 Å². The summed E-state index contributed by atoms with van der Waals surface area (Å²) < 4.78 is 25.4. The van der Waals surface area contributed by atoms with E-state index in [0.29, 0.717) is 12.0 Å². The van der Waals surface area contributed by atoms with Crippen molar-refractivity contribution in [2.75, 3.05) is 0 Å². The van der Waals surface area contributed by atoms with Crippen LogP contribution in [0.5, 0.6) is 0 Å². The number of benzene rings is 1. The highest BCUT2D eigenvalue weighted by molar-refractivity contribution is 5.39. The minimum absolute atomic E-state index is 0.183. The molecule has 1 rings (SSSR count). The third kappa shape index (κ3) is 1.28. The molecule has 1 aromatic rings. The number of nitrogens with zero attached hydrogens (tertiary/aromatic N) is 1. The molecule has 0 heterocycles. The van der Waals surface area contributed by atoms with Gasteiger partial charge in [0.2, 0.25) is 0 Å². The molecule has 0 radical (unpaired) electrons. The van der Waals surface area contributed by atoms with Gasteiger partial charge < -0.3 is 0 Å². The van der Waals surface area contributed by atoms with E-state index in [1.165, 1.54) is 6.07 Å². The molecule has 0 atom stereocenters. The van der Waals surface area contributed by atoms with Gasteiger partial charge in [0, 0.05) is 0 Å². The molecule has 0 saturated carbocycles. The van der Waals surface area contributed by atoms with Gasteiger partial charge in [0.15, 0.2) is 11.6 Å². The Morgan fingerprint density at radius 2 is 2.08 bits per heavy atom. The van der Waals surface area contributed by atoms with Crippen LogP contribution >= 0.6 is 0 Å². The molecule has 0 aliphatic carbocycles. The molecule has 0 aliphatic rings. The van der Waals surface area contributed by atoms with Gasteiger partial charge >= 0.3 is 0 Å². The van der Waals surface area contributed by atoms with Gasteiger partial charge in [-0.05, 0) is 18.1 Å². The summed E-state index contributed by atoms with van der Waals surface area (Å²) in [6.45, 7) is 1.79. The molecule has 1 aromatic carbocycles. The number of nitriles is 1. The van der Waals surface area contributed by atoms with Gasteiger partial charge in [0.1, 0.15) is 6.07 Å². The summed E-state index contributed by atoms with van der Waals surface area (Å²) in [5, 5.41) is 8.50. The zero-order valence-electron chi connectivity index (χ0n) is 6.56. The van der Waals surface area contributed by atoms with E-state index in [-0.39, 0.29) is 5.56 Å². The van der Waals surface area contributed by atoms with Crippen LogP contribution in [0.2, 0.25) is 0 Å². The normalized spacial score (nSPS) is 9.50.